The highest BCUT2D eigenvalue weighted by Gasteiger charge is 2.20. The Morgan fingerprint density at radius 2 is 1.95 bits per heavy atom. The third-order valence-electron chi connectivity index (χ3n) is 2.61. The third kappa shape index (κ3) is 4.04. The molecule has 0 saturated heterocycles. The lowest BCUT2D eigenvalue weighted by Gasteiger charge is -2.07. The molecule has 0 aliphatic rings. The molecule has 1 heterocycles. The molecule has 0 bridgehead atoms. The molecule has 22 heavy (non-hydrogen) atoms. The Bertz CT molecular complexity index is 674. The summed E-state index contributed by atoms with van der Waals surface area (Å²) in [6.07, 6.45) is 0. The molecule has 0 spiro atoms. The number of amides is 3. The third-order valence-corrected chi connectivity index (χ3v) is 3.54. The number of nitrogens with zero attached hydrogens (tertiary/aromatic N) is 2. The maximum Gasteiger partial charge on any atom is 0.321 e. The Kier molecular flexibility index (Phi) is 5.10. The molecule has 0 saturated carbocycles. The number of rotatable bonds is 4. The van der Waals surface area contributed by atoms with Gasteiger partial charge in [-0.2, -0.15) is 0 Å². The molecule has 0 radical (unpaired) electrons. The van der Waals surface area contributed by atoms with Gasteiger partial charge in [0.25, 0.3) is 5.22 Å². The van der Waals surface area contributed by atoms with Gasteiger partial charge in [-0.25, -0.2) is 9.18 Å². The predicted octanol–water partition coefficient (Wildman–Crippen LogP) is 1.81. The zero-order chi connectivity index (χ0) is 16.1. The van der Waals surface area contributed by atoms with Gasteiger partial charge in [0, 0.05) is 12.6 Å². The number of thioether (sulfide) groups is 1. The average Bonchev–Trinajstić information content (AvgIpc) is 2.96. The van der Waals surface area contributed by atoms with E-state index in [0.29, 0.717) is 5.56 Å². The van der Waals surface area contributed by atoms with Crippen molar-refractivity contribution >= 4 is 23.7 Å². The van der Waals surface area contributed by atoms with Gasteiger partial charge >= 0.3 is 6.03 Å². The van der Waals surface area contributed by atoms with E-state index in [0.717, 1.165) is 11.8 Å². The molecule has 7 nitrogen and oxygen atoms in total. The van der Waals surface area contributed by atoms with Crippen LogP contribution in [0.4, 0.5) is 9.18 Å². The van der Waals surface area contributed by atoms with Crippen LogP contribution in [0.25, 0.3) is 11.5 Å². The molecule has 9 heteroatoms. The first-order chi connectivity index (χ1) is 10.5. The van der Waals surface area contributed by atoms with Gasteiger partial charge in [0.1, 0.15) is 5.82 Å². The Hall–Kier alpha value is -2.42. The van der Waals surface area contributed by atoms with Crippen LogP contribution in [0.15, 0.2) is 33.9 Å². The van der Waals surface area contributed by atoms with Crippen LogP contribution in [0.3, 0.4) is 0 Å². The Morgan fingerprint density at radius 3 is 2.59 bits per heavy atom. The molecule has 1 aromatic heterocycles. The van der Waals surface area contributed by atoms with E-state index < -0.39 is 17.2 Å². The van der Waals surface area contributed by atoms with Crippen LogP contribution in [-0.2, 0) is 4.79 Å². The molecule has 0 aliphatic heterocycles. The van der Waals surface area contributed by atoms with Crippen LogP contribution in [0.2, 0.25) is 0 Å². The zero-order valence-corrected chi connectivity index (χ0v) is 12.6. The summed E-state index contributed by atoms with van der Waals surface area (Å²) in [5.74, 6) is -0.621. The van der Waals surface area contributed by atoms with Gasteiger partial charge < -0.3 is 9.73 Å². The summed E-state index contributed by atoms with van der Waals surface area (Å²) in [5, 5.41) is 11.7. The van der Waals surface area contributed by atoms with Gasteiger partial charge in [0.15, 0.2) is 0 Å². The van der Waals surface area contributed by atoms with Crippen LogP contribution < -0.4 is 10.6 Å². The van der Waals surface area contributed by atoms with Crippen molar-refractivity contribution in [1.29, 1.82) is 0 Å². The molecule has 2 aromatic rings. The number of urea groups is 1. The second-order valence-electron chi connectivity index (χ2n) is 4.21. The number of halogens is 1. The van der Waals surface area contributed by atoms with E-state index in [-0.39, 0.29) is 16.9 Å². The molecule has 1 atom stereocenters. The number of carbonyl (C=O) groups excluding carboxylic acids is 2. The Balaban J connectivity index is 2.01. The summed E-state index contributed by atoms with van der Waals surface area (Å²) in [6.45, 7) is 1.60. The molecule has 116 valence electrons. The minimum Gasteiger partial charge on any atom is -0.411 e. The number of imide groups is 1. The standard InChI is InChI=1S/C13H13FN4O3S/c1-7(10(19)16-12(20)15-2)22-13-18-17-11(21-13)8-3-5-9(14)6-4-8/h3-7H,1-2H3,(H2,15,16,19,20)/t7-/m1/s1. The normalized spacial score (nSPS) is 11.8. The van der Waals surface area contributed by atoms with Crippen molar-refractivity contribution in [1.82, 2.24) is 20.8 Å². The maximum absolute atomic E-state index is 12.9. The highest BCUT2D eigenvalue weighted by molar-refractivity contribution is 8.00. The molecule has 2 rings (SSSR count). The number of hydrogen-bond donors (Lipinski definition) is 2. The summed E-state index contributed by atoms with van der Waals surface area (Å²) in [5.41, 5.74) is 0.572. The Morgan fingerprint density at radius 1 is 1.27 bits per heavy atom. The first-order valence-electron chi connectivity index (χ1n) is 6.28. The topological polar surface area (TPSA) is 97.1 Å². The number of hydrogen-bond acceptors (Lipinski definition) is 6. The molecule has 1 aromatic carbocycles. The molecular formula is C13H13FN4O3S. The number of benzene rings is 1. The predicted molar refractivity (Wildman–Crippen MR) is 77.6 cm³/mol. The number of carbonyl (C=O) groups is 2. The van der Waals surface area contributed by atoms with Gasteiger partial charge in [-0.05, 0) is 31.2 Å². The van der Waals surface area contributed by atoms with Crippen LogP contribution in [0, 0.1) is 5.82 Å². The summed E-state index contributed by atoms with van der Waals surface area (Å²) < 4.78 is 18.3. The summed E-state index contributed by atoms with van der Waals surface area (Å²) in [6, 6.07) is 5.00. The van der Waals surface area contributed by atoms with Gasteiger partial charge in [-0.3, -0.25) is 10.1 Å². The van der Waals surface area contributed by atoms with Crippen LogP contribution >= 0.6 is 11.8 Å². The molecule has 2 N–H and O–H groups in total. The average molecular weight is 324 g/mol. The first kappa shape index (κ1) is 16.0. The quantitative estimate of drug-likeness (QED) is 0.833. The van der Waals surface area contributed by atoms with Gasteiger partial charge in [-0.1, -0.05) is 11.8 Å². The lowest BCUT2D eigenvalue weighted by molar-refractivity contribution is -0.119. The van der Waals surface area contributed by atoms with E-state index >= 15 is 0 Å². The fourth-order valence-corrected chi connectivity index (χ4v) is 2.13. The Labute approximate surface area is 129 Å². The zero-order valence-electron chi connectivity index (χ0n) is 11.8. The number of aromatic nitrogens is 2. The van der Waals surface area contributed by atoms with Crippen molar-refractivity contribution in [2.45, 2.75) is 17.4 Å². The smallest absolute Gasteiger partial charge is 0.321 e. The summed E-state index contributed by atoms with van der Waals surface area (Å²) in [4.78, 5) is 22.8. The lowest BCUT2D eigenvalue weighted by Crippen LogP contribution is -2.41. The van der Waals surface area contributed by atoms with E-state index in [1.165, 1.54) is 31.3 Å². The van der Waals surface area contributed by atoms with Crippen molar-refractivity contribution in [3.63, 3.8) is 0 Å². The van der Waals surface area contributed by atoms with E-state index in [9.17, 15) is 14.0 Å². The minimum atomic E-state index is -0.598. The second kappa shape index (κ2) is 7.03. The van der Waals surface area contributed by atoms with Crippen LogP contribution in [0.5, 0.6) is 0 Å². The van der Waals surface area contributed by atoms with Crippen molar-refractivity contribution in [3.8, 4) is 11.5 Å². The molecule has 3 amide bonds. The van der Waals surface area contributed by atoms with Crippen molar-refractivity contribution in [2.24, 2.45) is 0 Å². The van der Waals surface area contributed by atoms with Gasteiger partial charge in [0.05, 0.1) is 5.25 Å². The van der Waals surface area contributed by atoms with Crippen molar-refractivity contribution < 1.29 is 18.4 Å². The minimum absolute atomic E-state index is 0.180. The highest BCUT2D eigenvalue weighted by atomic mass is 32.2. The van der Waals surface area contributed by atoms with Crippen LogP contribution in [-0.4, -0.2) is 34.4 Å². The highest BCUT2D eigenvalue weighted by Crippen LogP contribution is 2.26. The summed E-state index contributed by atoms with van der Waals surface area (Å²) >= 11 is 1.02. The summed E-state index contributed by atoms with van der Waals surface area (Å²) in [7, 11) is 1.41. The van der Waals surface area contributed by atoms with Gasteiger partial charge in [-0.15, -0.1) is 10.2 Å². The molecule has 0 fully saturated rings. The fourth-order valence-electron chi connectivity index (χ4n) is 1.45. The van der Waals surface area contributed by atoms with Crippen LogP contribution in [0.1, 0.15) is 6.92 Å². The largest absolute Gasteiger partial charge is 0.411 e. The SMILES string of the molecule is CNC(=O)NC(=O)[C@@H](C)Sc1nnc(-c2ccc(F)cc2)o1. The second-order valence-corrected chi connectivity index (χ2v) is 5.50. The van der Waals surface area contributed by atoms with Gasteiger partial charge in [0.2, 0.25) is 11.8 Å². The first-order valence-corrected chi connectivity index (χ1v) is 7.16. The lowest BCUT2D eigenvalue weighted by atomic mass is 10.2. The molecule has 0 aliphatic carbocycles. The van der Waals surface area contributed by atoms with Crippen molar-refractivity contribution in [3.05, 3.63) is 30.1 Å². The van der Waals surface area contributed by atoms with E-state index in [4.69, 9.17) is 4.42 Å². The monoisotopic (exact) mass is 324 g/mol. The van der Waals surface area contributed by atoms with E-state index in [1.807, 2.05) is 0 Å². The maximum atomic E-state index is 12.9. The molecule has 0 unspecified atom stereocenters. The fraction of sp³-hybridized carbons (Fsp3) is 0.231. The van der Waals surface area contributed by atoms with Crippen molar-refractivity contribution in [2.75, 3.05) is 7.05 Å². The molecular weight excluding hydrogens is 311 g/mol. The number of nitrogens with one attached hydrogen (secondary N) is 2. The van der Waals surface area contributed by atoms with E-state index in [1.54, 1.807) is 6.92 Å². The van der Waals surface area contributed by atoms with E-state index in [2.05, 4.69) is 20.8 Å².